The van der Waals surface area contributed by atoms with Gasteiger partial charge in [0.05, 0.1) is 5.56 Å². The van der Waals surface area contributed by atoms with E-state index < -0.39 is 10.0 Å². The Morgan fingerprint density at radius 3 is 2.37 bits per heavy atom. The molecule has 164 valence electrons. The van der Waals surface area contributed by atoms with Crippen LogP contribution in [0.3, 0.4) is 0 Å². The molecule has 0 bridgehead atoms. The van der Waals surface area contributed by atoms with Crippen molar-refractivity contribution < 1.29 is 13.2 Å². The van der Waals surface area contributed by atoms with Crippen LogP contribution in [0.1, 0.15) is 44.5 Å². The molecule has 1 amide bonds. The molecule has 7 nitrogen and oxygen atoms in total. The highest BCUT2D eigenvalue weighted by Gasteiger charge is 2.30. The molecule has 3 heterocycles. The number of carbonyl (C=O) groups is 1. The number of pyridine rings is 1. The first kappa shape index (κ1) is 22.7. The zero-order valence-electron chi connectivity index (χ0n) is 18.0. The summed E-state index contributed by atoms with van der Waals surface area (Å²) in [7, 11) is -3.60. The first-order valence-electron chi connectivity index (χ1n) is 10.3. The van der Waals surface area contributed by atoms with Crippen molar-refractivity contribution in [3.8, 4) is 0 Å². The van der Waals surface area contributed by atoms with E-state index in [1.165, 1.54) is 21.8 Å². The molecule has 1 saturated heterocycles. The fourth-order valence-corrected chi connectivity index (χ4v) is 6.31. The number of amides is 1. The van der Waals surface area contributed by atoms with Crippen molar-refractivity contribution in [2.75, 3.05) is 31.1 Å². The second kappa shape index (κ2) is 9.45. The van der Waals surface area contributed by atoms with E-state index in [2.05, 4.69) is 9.88 Å². The monoisotopic (exact) mass is 450 g/mol. The highest BCUT2D eigenvalue weighted by Crippen LogP contribution is 2.23. The summed E-state index contributed by atoms with van der Waals surface area (Å²) in [6.45, 7) is 10.3. The van der Waals surface area contributed by atoms with E-state index in [4.69, 9.17) is 0 Å². The molecule has 0 aromatic carbocycles. The maximum absolute atomic E-state index is 13.0. The molecule has 3 rings (SSSR count). The molecule has 1 fully saturated rings. The van der Waals surface area contributed by atoms with Gasteiger partial charge in [0, 0.05) is 49.8 Å². The Kier molecular flexibility index (Phi) is 7.15. The van der Waals surface area contributed by atoms with Crippen LogP contribution in [-0.4, -0.2) is 66.8 Å². The number of hydrogen-bond acceptors (Lipinski definition) is 6. The lowest BCUT2D eigenvalue weighted by Gasteiger charge is -2.29. The van der Waals surface area contributed by atoms with Crippen molar-refractivity contribution in [2.24, 2.45) is 0 Å². The van der Waals surface area contributed by atoms with E-state index in [0.29, 0.717) is 19.6 Å². The molecule has 30 heavy (non-hydrogen) atoms. The van der Waals surface area contributed by atoms with Gasteiger partial charge in [-0.05, 0) is 57.7 Å². The van der Waals surface area contributed by atoms with Gasteiger partial charge in [-0.25, -0.2) is 13.4 Å². The number of thiophene rings is 1. The Hall–Kier alpha value is -1.97. The van der Waals surface area contributed by atoms with E-state index >= 15 is 0 Å². The molecule has 0 atom stereocenters. The molecule has 2 aromatic heterocycles. The third kappa shape index (κ3) is 4.84. The summed E-state index contributed by atoms with van der Waals surface area (Å²) < 4.78 is 27.5. The summed E-state index contributed by atoms with van der Waals surface area (Å²) in [5.74, 6) is 0.800. The zero-order chi connectivity index (χ0) is 21.9. The Labute approximate surface area is 183 Å². The van der Waals surface area contributed by atoms with E-state index in [1.807, 2.05) is 49.4 Å². The van der Waals surface area contributed by atoms with Crippen molar-refractivity contribution in [3.63, 3.8) is 0 Å². The van der Waals surface area contributed by atoms with E-state index in [-0.39, 0.29) is 22.9 Å². The van der Waals surface area contributed by atoms with Crippen LogP contribution in [0, 0.1) is 0 Å². The second-order valence-electron chi connectivity index (χ2n) is 8.02. The van der Waals surface area contributed by atoms with Gasteiger partial charge in [-0.15, -0.1) is 0 Å². The maximum atomic E-state index is 13.0. The maximum Gasteiger partial charge on any atom is 0.254 e. The average Bonchev–Trinajstić information content (AvgIpc) is 3.11. The quantitative estimate of drug-likeness (QED) is 0.675. The van der Waals surface area contributed by atoms with Crippen LogP contribution < -0.4 is 4.90 Å². The normalized spacial score (nSPS) is 15.8. The van der Waals surface area contributed by atoms with Gasteiger partial charge < -0.3 is 9.80 Å². The first-order valence-corrected chi connectivity index (χ1v) is 12.7. The van der Waals surface area contributed by atoms with Gasteiger partial charge in [0.1, 0.15) is 10.7 Å². The molecule has 0 unspecified atom stereocenters. The number of sulfonamides is 1. The molecule has 0 aliphatic carbocycles. The number of rotatable bonds is 6. The lowest BCUT2D eigenvalue weighted by Crippen LogP contribution is -2.42. The predicted octanol–water partition coefficient (Wildman–Crippen LogP) is 3.30. The van der Waals surface area contributed by atoms with Gasteiger partial charge in [-0.3, -0.25) is 4.79 Å². The minimum Gasteiger partial charge on any atom is -0.355 e. The molecule has 0 saturated carbocycles. The van der Waals surface area contributed by atoms with Crippen LogP contribution in [-0.2, 0) is 10.0 Å². The zero-order valence-corrected chi connectivity index (χ0v) is 19.6. The minimum absolute atomic E-state index is 0.0648. The van der Waals surface area contributed by atoms with Crippen molar-refractivity contribution in [1.82, 2.24) is 14.2 Å². The van der Waals surface area contributed by atoms with Crippen molar-refractivity contribution in [1.29, 1.82) is 0 Å². The molecule has 0 spiro atoms. The van der Waals surface area contributed by atoms with E-state index in [0.717, 1.165) is 24.3 Å². The van der Waals surface area contributed by atoms with Crippen LogP contribution in [0.15, 0.2) is 40.1 Å². The van der Waals surface area contributed by atoms with Crippen LogP contribution in [0.5, 0.6) is 0 Å². The average molecular weight is 451 g/mol. The van der Waals surface area contributed by atoms with E-state index in [9.17, 15) is 13.2 Å². The van der Waals surface area contributed by atoms with Crippen molar-refractivity contribution >= 4 is 33.1 Å². The third-order valence-corrected chi connectivity index (χ3v) is 8.11. The van der Waals surface area contributed by atoms with Crippen LogP contribution in [0.4, 0.5) is 5.82 Å². The van der Waals surface area contributed by atoms with Crippen LogP contribution in [0.2, 0.25) is 0 Å². The molecule has 1 aliphatic rings. The number of hydrogen-bond donors (Lipinski definition) is 0. The standard InChI is InChI=1S/C21H30N4O3S2/c1-16(2)25(17(3)4)30(27,28)19-6-7-20(22-14-19)23-9-5-10-24(12-11-23)21(26)18-8-13-29-15-18/h6-8,13-17H,5,9-12H2,1-4H3. The number of anilines is 1. The Bertz CT molecular complexity index is 933. The molecular weight excluding hydrogens is 420 g/mol. The Balaban J connectivity index is 1.71. The summed E-state index contributed by atoms with van der Waals surface area (Å²) in [6, 6.07) is 4.99. The van der Waals surface area contributed by atoms with Gasteiger partial charge in [-0.2, -0.15) is 15.6 Å². The minimum atomic E-state index is -3.60. The Morgan fingerprint density at radius 1 is 1.07 bits per heavy atom. The lowest BCUT2D eigenvalue weighted by molar-refractivity contribution is 0.0767. The topological polar surface area (TPSA) is 73.8 Å². The predicted molar refractivity (Wildman–Crippen MR) is 121 cm³/mol. The molecular formula is C21H30N4O3S2. The number of nitrogens with zero attached hydrogens (tertiary/aromatic N) is 4. The molecule has 1 aliphatic heterocycles. The third-order valence-electron chi connectivity index (χ3n) is 5.19. The van der Waals surface area contributed by atoms with Crippen LogP contribution >= 0.6 is 11.3 Å². The summed E-state index contributed by atoms with van der Waals surface area (Å²) >= 11 is 1.52. The summed E-state index contributed by atoms with van der Waals surface area (Å²) in [6.07, 6.45) is 2.29. The van der Waals surface area contributed by atoms with Crippen molar-refractivity contribution in [2.45, 2.75) is 51.1 Å². The van der Waals surface area contributed by atoms with Gasteiger partial charge in [0.2, 0.25) is 10.0 Å². The Morgan fingerprint density at radius 2 is 1.80 bits per heavy atom. The molecule has 2 aromatic rings. The second-order valence-corrected chi connectivity index (χ2v) is 10.6. The highest BCUT2D eigenvalue weighted by atomic mass is 32.2. The smallest absolute Gasteiger partial charge is 0.254 e. The summed E-state index contributed by atoms with van der Waals surface area (Å²) in [5, 5.41) is 3.79. The summed E-state index contributed by atoms with van der Waals surface area (Å²) in [5.41, 5.74) is 0.737. The number of aromatic nitrogens is 1. The van der Waals surface area contributed by atoms with Gasteiger partial charge in [0.25, 0.3) is 5.91 Å². The van der Waals surface area contributed by atoms with Gasteiger partial charge in [-0.1, -0.05) is 0 Å². The SMILES string of the molecule is CC(C)N(C(C)C)S(=O)(=O)c1ccc(N2CCCN(C(=O)c3ccsc3)CC2)nc1. The number of carbonyl (C=O) groups excluding carboxylic acids is 1. The highest BCUT2D eigenvalue weighted by molar-refractivity contribution is 7.89. The van der Waals surface area contributed by atoms with Crippen molar-refractivity contribution in [3.05, 3.63) is 40.7 Å². The van der Waals surface area contributed by atoms with Gasteiger partial charge in [0.15, 0.2) is 0 Å². The van der Waals surface area contributed by atoms with E-state index in [1.54, 1.807) is 12.1 Å². The largest absolute Gasteiger partial charge is 0.355 e. The fourth-order valence-electron chi connectivity index (χ4n) is 3.90. The lowest BCUT2D eigenvalue weighted by atomic mass is 10.3. The molecule has 0 radical (unpaired) electrons. The molecule has 9 heteroatoms. The first-order chi connectivity index (χ1) is 14.2. The fraction of sp³-hybridized carbons (Fsp3) is 0.524. The van der Waals surface area contributed by atoms with Crippen LogP contribution in [0.25, 0.3) is 0 Å². The summed E-state index contributed by atoms with van der Waals surface area (Å²) in [4.78, 5) is 21.3. The van der Waals surface area contributed by atoms with Gasteiger partial charge >= 0.3 is 0 Å². The molecule has 0 N–H and O–H groups in total.